The zero-order valence-electron chi connectivity index (χ0n) is 12.0. The standard InChI is InChI=1S/C17H18O3S/c1-19-10-8-14-4-6-16(7-5-14)20-12-17-11-15(13-21-17)3-2-9-18/h4-7,11,13,18H,8-10,12H2,1H3. The van der Waals surface area contributed by atoms with Gasteiger partial charge in [-0.05, 0) is 30.2 Å². The van der Waals surface area contributed by atoms with Gasteiger partial charge in [0.05, 0.1) is 6.61 Å². The summed E-state index contributed by atoms with van der Waals surface area (Å²) in [7, 11) is 1.71. The van der Waals surface area contributed by atoms with Crippen molar-refractivity contribution in [2.45, 2.75) is 13.0 Å². The Bertz CT molecular complexity index is 605. The van der Waals surface area contributed by atoms with Crippen LogP contribution in [0.4, 0.5) is 0 Å². The molecule has 0 atom stereocenters. The van der Waals surface area contributed by atoms with E-state index in [2.05, 4.69) is 24.0 Å². The fraction of sp³-hybridized carbons (Fsp3) is 0.294. The van der Waals surface area contributed by atoms with Gasteiger partial charge in [-0.2, -0.15) is 0 Å². The van der Waals surface area contributed by atoms with Crippen molar-refractivity contribution < 1.29 is 14.6 Å². The lowest BCUT2D eigenvalue weighted by atomic mass is 10.1. The van der Waals surface area contributed by atoms with Gasteiger partial charge in [0.2, 0.25) is 0 Å². The third-order valence-corrected chi connectivity index (χ3v) is 3.78. The van der Waals surface area contributed by atoms with Crippen molar-refractivity contribution >= 4 is 11.3 Å². The molecule has 1 N–H and O–H groups in total. The molecule has 0 aliphatic carbocycles. The molecule has 0 bridgehead atoms. The Morgan fingerprint density at radius 3 is 2.76 bits per heavy atom. The van der Waals surface area contributed by atoms with Crippen LogP contribution in [0.2, 0.25) is 0 Å². The number of methoxy groups -OCH3 is 1. The summed E-state index contributed by atoms with van der Waals surface area (Å²) in [5, 5.41) is 10.6. The molecule has 4 heteroatoms. The van der Waals surface area contributed by atoms with E-state index in [1.165, 1.54) is 5.56 Å². The van der Waals surface area contributed by atoms with Crippen LogP contribution in [0, 0.1) is 11.8 Å². The second-order valence-corrected chi connectivity index (χ2v) is 5.43. The van der Waals surface area contributed by atoms with Crippen LogP contribution in [-0.4, -0.2) is 25.4 Å². The van der Waals surface area contributed by atoms with Crippen LogP contribution < -0.4 is 4.74 Å². The van der Waals surface area contributed by atoms with Crippen molar-refractivity contribution in [3.8, 4) is 17.6 Å². The molecule has 0 saturated carbocycles. The second kappa shape index (κ2) is 8.48. The van der Waals surface area contributed by atoms with Gasteiger partial charge in [0.1, 0.15) is 19.0 Å². The van der Waals surface area contributed by atoms with E-state index in [0.29, 0.717) is 6.61 Å². The van der Waals surface area contributed by atoms with E-state index in [4.69, 9.17) is 14.6 Å². The molecule has 110 valence electrons. The smallest absolute Gasteiger partial charge is 0.122 e. The van der Waals surface area contributed by atoms with Gasteiger partial charge in [-0.1, -0.05) is 24.0 Å². The molecule has 2 aromatic rings. The van der Waals surface area contributed by atoms with Crippen LogP contribution in [0.1, 0.15) is 16.0 Å². The minimum atomic E-state index is -0.114. The highest BCUT2D eigenvalue weighted by molar-refractivity contribution is 7.10. The van der Waals surface area contributed by atoms with Gasteiger partial charge < -0.3 is 14.6 Å². The first-order chi connectivity index (χ1) is 10.3. The third kappa shape index (κ3) is 5.24. The summed E-state index contributed by atoms with van der Waals surface area (Å²) in [6.45, 7) is 1.15. The Morgan fingerprint density at radius 2 is 2.05 bits per heavy atom. The molecule has 21 heavy (non-hydrogen) atoms. The fourth-order valence-electron chi connectivity index (χ4n) is 1.79. The SMILES string of the molecule is COCCc1ccc(OCc2cc(C#CCO)cs2)cc1. The van der Waals surface area contributed by atoms with Gasteiger partial charge in [-0.25, -0.2) is 0 Å². The molecule has 0 spiro atoms. The molecule has 0 aliphatic heterocycles. The lowest BCUT2D eigenvalue weighted by molar-refractivity contribution is 0.202. The van der Waals surface area contributed by atoms with Crippen molar-refractivity contribution in [3.63, 3.8) is 0 Å². The Hall–Kier alpha value is -1.80. The van der Waals surface area contributed by atoms with E-state index in [0.717, 1.165) is 29.2 Å². The highest BCUT2D eigenvalue weighted by Gasteiger charge is 2.00. The van der Waals surface area contributed by atoms with E-state index < -0.39 is 0 Å². The van der Waals surface area contributed by atoms with Gasteiger partial charge in [0.25, 0.3) is 0 Å². The van der Waals surface area contributed by atoms with Gasteiger partial charge in [0, 0.05) is 22.9 Å². The molecule has 0 unspecified atom stereocenters. The average Bonchev–Trinajstić information content (AvgIpc) is 2.98. The minimum absolute atomic E-state index is 0.114. The maximum atomic E-state index is 8.66. The molecule has 0 radical (unpaired) electrons. The predicted molar refractivity (Wildman–Crippen MR) is 84.6 cm³/mol. The van der Waals surface area contributed by atoms with Crippen molar-refractivity contribution in [1.82, 2.24) is 0 Å². The lowest BCUT2D eigenvalue weighted by Crippen LogP contribution is -1.96. The maximum Gasteiger partial charge on any atom is 0.122 e. The molecule has 0 saturated heterocycles. The first-order valence-corrected chi connectivity index (χ1v) is 7.57. The molecule has 0 amide bonds. The number of benzene rings is 1. The van der Waals surface area contributed by atoms with Gasteiger partial charge in [-0.3, -0.25) is 0 Å². The molecule has 3 nitrogen and oxygen atoms in total. The average molecular weight is 302 g/mol. The van der Waals surface area contributed by atoms with E-state index in [1.807, 2.05) is 23.6 Å². The van der Waals surface area contributed by atoms with E-state index >= 15 is 0 Å². The highest BCUT2D eigenvalue weighted by Crippen LogP contribution is 2.18. The molecule has 0 aliphatic rings. The van der Waals surface area contributed by atoms with E-state index in [9.17, 15) is 0 Å². The third-order valence-electron chi connectivity index (χ3n) is 2.86. The monoisotopic (exact) mass is 302 g/mol. The van der Waals surface area contributed by atoms with E-state index in [1.54, 1.807) is 18.4 Å². The number of ether oxygens (including phenoxy) is 2. The summed E-state index contributed by atoms with van der Waals surface area (Å²) in [5.74, 6) is 6.37. The number of hydrogen-bond acceptors (Lipinski definition) is 4. The Morgan fingerprint density at radius 1 is 1.24 bits per heavy atom. The van der Waals surface area contributed by atoms with Crippen LogP contribution in [0.15, 0.2) is 35.7 Å². The number of aliphatic hydroxyl groups is 1. The largest absolute Gasteiger partial charge is 0.488 e. The number of aliphatic hydroxyl groups excluding tert-OH is 1. The fourth-order valence-corrected chi connectivity index (χ4v) is 2.52. The van der Waals surface area contributed by atoms with Crippen molar-refractivity contribution in [2.24, 2.45) is 0 Å². The predicted octanol–water partition coefficient (Wildman–Crippen LogP) is 2.86. The summed E-state index contributed by atoms with van der Waals surface area (Å²) in [6.07, 6.45) is 0.911. The Kier molecular flexibility index (Phi) is 6.29. The summed E-state index contributed by atoms with van der Waals surface area (Å²) in [6, 6.07) is 10.1. The van der Waals surface area contributed by atoms with Crippen LogP contribution >= 0.6 is 11.3 Å². The van der Waals surface area contributed by atoms with Gasteiger partial charge in [0.15, 0.2) is 0 Å². The number of thiophene rings is 1. The number of rotatable bonds is 6. The van der Waals surface area contributed by atoms with Crippen molar-refractivity contribution in [2.75, 3.05) is 20.3 Å². The highest BCUT2D eigenvalue weighted by atomic mass is 32.1. The van der Waals surface area contributed by atoms with Crippen LogP contribution in [0.3, 0.4) is 0 Å². The zero-order valence-corrected chi connectivity index (χ0v) is 12.8. The number of hydrogen-bond donors (Lipinski definition) is 1. The first-order valence-electron chi connectivity index (χ1n) is 6.69. The molecule has 1 aromatic carbocycles. The van der Waals surface area contributed by atoms with Crippen LogP contribution in [0.25, 0.3) is 0 Å². The Balaban J connectivity index is 1.86. The summed E-state index contributed by atoms with van der Waals surface area (Å²) >= 11 is 1.61. The zero-order chi connectivity index (χ0) is 14.9. The Labute approximate surface area is 129 Å². The van der Waals surface area contributed by atoms with Crippen LogP contribution in [0.5, 0.6) is 5.75 Å². The topological polar surface area (TPSA) is 38.7 Å². The minimum Gasteiger partial charge on any atom is -0.488 e. The van der Waals surface area contributed by atoms with E-state index in [-0.39, 0.29) is 6.61 Å². The molecule has 2 rings (SSSR count). The summed E-state index contributed by atoms with van der Waals surface area (Å²) < 4.78 is 10.8. The summed E-state index contributed by atoms with van der Waals surface area (Å²) in [4.78, 5) is 1.11. The lowest BCUT2D eigenvalue weighted by Gasteiger charge is -2.06. The van der Waals surface area contributed by atoms with Gasteiger partial charge in [-0.15, -0.1) is 11.3 Å². The normalized spacial score (nSPS) is 10.0. The first kappa shape index (κ1) is 15.6. The molecule has 1 aromatic heterocycles. The maximum absolute atomic E-state index is 8.66. The quantitative estimate of drug-likeness (QED) is 0.834. The van der Waals surface area contributed by atoms with Crippen molar-refractivity contribution in [3.05, 3.63) is 51.7 Å². The molecule has 1 heterocycles. The molecular formula is C17H18O3S. The molecule has 0 fully saturated rings. The summed E-state index contributed by atoms with van der Waals surface area (Å²) in [5.41, 5.74) is 2.16. The van der Waals surface area contributed by atoms with Gasteiger partial charge >= 0.3 is 0 Å². The van der Waals surface area contributed by atoms with Crippen molar-refractivity contribution in [1.29, 1.82) is 0 Å². The van der Waals surface area contributed by atoms with Crippen LogP contribution in [-0.2, 0) is 17.8 Å². The molecular weight excluding hydrogens is 284 g/mol. The second-order valence-electron chi connectivity index (χ2n) is 4.44.